The lowest BCUT2D eigenvalue weighted by Gasteiger charge is -2.46. The molecule has 0 radical (unpaired) electrons. The molecule has 3 N–H and O–H groups in total. The van der Waals surface area contributed by atoms with Crippen molar-refractivity contribution in [3.63, 3.8) is 0 Å². The number of hydrogen-bond donors (Lipinski definition) is 2. The van der Waals surface area contributed by atoms with E-state index in [0.717, 1.165) is 0 Å². The first-order valence-corrected chi connectivity index (χ1v) is 15.3. The van der Waals surface area contributed by atoms with Crippen LogP contribution < -0.4 is 20.1 Å². The van der Waals surface area contributed by atoms with Gasteiger partial charge in [0.2, 0.25) is 5.88 Å². The van der Waals surface area contributed by atoms with Crippen LogP contribution in [0.25, 0.3) is 0 Å². The molecule has 1 aromatic carbocycles. The second-order valence-corrected chi connectivity index (χ2v) is 11.4. The number of halogens is 6. The van der Waals surface area contributed by atoms with Crippen LogP contribution >= 0.6 is 0 Å². The Kier molecular flexibility index (Phi) is 11.8. The zero-order valence-corrected chi connectivity index (χ0v) is 27.2. The molecule has 1 aliphatic rings. The Morgan fingerprint density at radius 2 is 1.70 bits per heavy atom. The first kappa shape index (κ1) is 38.1. The summed E-state index contributed by atoms with van der Waals surface area (Å²) in [5.41, 5.74) is 2.48. The molecule has 2 atom stereocenters. The summed E-state index contributed by atoms with van der Waals surface area (Å²) in [6, 6.07) is 4.26. The van der Waals surface area contributed by atoms with Crippen molar-refractivity contribution in [3.05, 3.63) is 70.4 Å². The maximum absolute atomic E-state index is 13.7. The van der Waals surface area contributed by atoms with E-state index < -0.39 is 53.5 Å². The summed E-state index contributed by atoms with van der Waals surface area (Å²) in [4.78, 5) is 39.1. The number of methoxy groups -OCH3 is 2. The van der Waals surface area contributed by atoms with E-state index in [2.05, 4.69) is 15.0 Å². The van der Waals surface area contributed by atoms with Gasteiger partial charge in [0.15, 0.2) is 5.75 Å². The highest BCUT2D eigenvalue weighted by Crippen LogP contribution is 2.46. The van der Waals surface area contributed by atoms with Crippen molar-refractivity contribution >= 4 is 17.7 Å². The topological polar surface area (TPSA) is 159 Å². The summed E-state index contributed by atoms with van der Waals surface area (Å²) in [6.45, 7) is 1.59. The number of nitrogens with zero attached hydrogens (tertiary/aromatic N) is 4. The minimum atomic E-state index is -5.06. The van der Waals surface area contributed by atoms with Crippen molar-refractivity contribution in [2.24, 2.45) is 5.73 Å². The van der Waals surface area contributed by atoms with E-state index in [1.54, 1.807) is 6.92 Å². The zero-order chi connectivity index (χ0) is 36.9. The Hall–Kier alpha value is -4.71. The summed E-state index contributed by atoms with van der Waals surface area (Å²) in [6.07, 6.45) is -10.3. The van der Waals surface area contributed by atoms with Gasteiger partial charge in [-0.2, -0.15) is 26.3 Å². The molecule has 3 aromatic rings. The number of carboxylic acids is 1. The molecular weight excluding hydrogens is 680 g/mol. The predicted octanol–water partition coefficient (Wildman–Crippen LogP) is 5.94. The quantitative estimate of drug-likeness (QED) is 0.159. The smallest absolute Gasteiger partial charge is 0.416 e. The van der Waals surface area contributed by atoms with Crippen molar-refractivity contribution in [3.8, 4) is 11.6 Å². The van der Waals surface area contributed by atoms with Crippen LogP contribution in [-0.4, -0.2) is 71.8 Å². The number of aromatic nitrogens is 3. The number of nitrogens with two attached hydrogens (primary N) is 1. The number of hydrogen-bond acceptors (Lipinski definition) is 10. The van der Waals surface area contributed by atoms with E-state index in [0.29, 0.717) is 12.1 Å². The number of aliphatic carboxylic acids is 1. The molecular formula is C32H35F6N5O7. The van der Waals surface area contributed by atoms with Crippen molar-refractivity contribution in [2.75, 3.05) is 38.9 Å². The van der Waals surface area contributed by atoms with Crippen LogP contribution in [0.2, 0.25) is 0 Å². The molecule has 0 fully saturated rings. The van der Waals surface area contributed by atoms with Crippen LogP contribution in [0.15, 0.2) is 36.5 Å². The molecule has 0 saturated carbocycles. The average Bonchev–Trinajstić information content (AvgIpc) is 3.05. The van der Waals surface area contributed by atoms with Gasteiger partial charge in [0.25, 0.3) is 0 Å². The summed E-state index contributed by atoms with van der Waals surface area (Å²) >= 11 is 0. The lowest BCUT2D eigenvalue weighted by Crippen LogP contribution is -2.61. The van der Waals surface area contributed by atoms with Crippen LogP contribution in [0.1, 0.15) is 72.4 Å². The Morgan fingerprint density at radius 1 is 1.02 bits per heavy atom. The molecule has 0 spiro atoms. The van der Waals surface area contributed by atoms with Gasteiger partial charge in [-0.05, 0) is 49.1 Å². The highest BCUT2D eigenvalue weighted by Gasteiger charge is 2.47. The van der Waals surface area contributed by atoms with Gasteiger partial charge in [0.1, 0.15) is 18.1 Å². The molecule has 2 aromatic heterocycles. The molecule has 0 unspecified atom stereocenters. The molecule has 12 nitrogen and oxygen atoms in total. The molecule has 1 amide bonds. The normalized spacial score (nSPS) is 17.6. The van der Waals surface area contributed by atoms with Gasteiger partial charge in [-0.25, -0.2) is 19.7 Å². The van der Waals surface area contributed by atoms with Crippen LogP contribution in [0, 0.1) is 0 Å². The van der Waals surface area contributed by atoms with E-state index in [4.69, 9.17) is 29.8 Å². The van der Waals surface area contributed by atoms with Gasteiger partial charge in [-0.3, -0.25) is 9.69 Å². The molecule has 3 heterocycles. The van der Waals surface area contributed by atoms with Crippen LogP contribution in [-0.2, 0) is 33.0 Å². The molecule has 50 heavy (non-hydrogen) atoms. The average molecular weight is 716 g/mol. The minimum absolute atomic E-state index is 0.00697. The van der Waals surface area contributed by atoms with Gasteiger partial charge in [-0.1, -0.05) is 6.92 Å². The maximum Gasteiger partial charge on any atom is 0.416 e. The highest BCUT2D eigenvalue weighted by molar-refractivity contribution is 5.91. The molecule has 272 valence electrons. The van der Waals surface area contributed by atoms with Crippen LogP contribution in [0.3, 0.4) is 0 Å². The van der Waals surface area contributed by atoms with E-state index in [1.165, 1.54) is 37.4 Å². The van der Waals surface area contributed by atoms with Gasteiger partial charge in [0, 0.05) is 26.0 Å². The summed E-state index contributed by atoms with van der Waals surface area (Å²) in [5.74, 6) is -1.74. The molecule has 0 saturated heterocycles. The summed E-state index contributed by atoms with van der Waals surface area (Å²) < 4.78 is 103. The molecule has 4 rings (SSSR count). The third kappa shape index (κ3) is 8.90. The van der Waals surface area contributed by atoms with E-state index in [-0.39, 0.29) is 91.7 Å². The van der Waals surface area contributed by atoms with Gasteiger partial charge >= 0.3 is 24.4 Å². The van der Waals surface area contributed by atoms with E-state index in [1.807, 2.05) is 0 Å². The van der Waals surface area contributed by atoms with Crippen molar-refractivity contribution in [1.82, 2.24) is 15.0 Å². The fraction of sp³-hybridized carbons (Fsp3) is 0.469. The number of ether oxygens (including phenoxy) is 4. The largest absolute Gasteiger partial charge is 0.488 e. The first-order valence-electron chi connectivity index (χ1n) is 15.3. The van der Waals surface area contributed by atoms with Crippen molar-refractivity contribution < 1.29 is 60.0 Å². The number of anilines is 1. The minimum Gasteiger partial charge on any atom is -0.488 e. The molecule has 18 heteroatoms. The number of carbonyl (C=O) groups is 2. The second kappa shape index (κ2) is 15.5. The third-order valence-electron chi connectivity index (χ3n) is 7.94. The van der Waals surface area contributed by atoms with Crippen molar-refractivity contribution in [1.29, 1.82) is 0 Å². The SMILES string of the molecule is CC[C@]1(N)C[C@H](c2ncc(OCCOC)c(Cc3cc(C(F)(F)F)cc(C(F)(F)F)c3)n2)c2nc(OC)ccc2N1C(=O)OCCCC(=O)O. The fourth-order valence-electron chi connectivity index (χ4n) is 5.42. The number of amides is 1. The van der Waals surface area contributed by atoms with Gasteiger partial charge in [-0.15, -0.1) is 0 Å². The number of alkyl halides is 6. The molecule has 0 bridgehead atoms. The molecule has 1 aliphatic heterocycles. The van der Waals surface area contributed by atoms with Crippen LogP contribution in [0.4, 0.5) is 36.8 Å². The predicted molar refractivity (Wildman–Crippen MR) is 164 cm³/mol. The first-order chi connectivity index (χ1) is 23.5. The number of carbonyl (C=O) groups excluding carboxylic acids is 1. The summed E-state index contributed by atoms with van der Waals surface area (Å²) in [7, 11) is 2.78. The van der Waals surface area contributed by atoms with Gasteiger partial charge < -0.3 is 29.8 Å². The lowest BCUT2D eigenvalue weighted by molar-refractivity contribution is -0.143. The maximum atomic E-state index is 13.7. The Labute approximate surface area is 282 Å². The number of carboxylic acid groups (broad SMARTS) is 1. The Balaban J connectivity index is 1.82. The lowest BCUT2D eigenvalue weighted by atomic mass is 9.83. The fourth-order valence-corrected chi connectivity index (χ4v) is 5.42. The Morgan fingerprint density at radius 3 is 2.28 bits per heavy atom. The monoisotopic (exact) mass is 715 g/mol. The number of benzene rings is 1. The number of rotatable bonds is 13. The zero-order valence-electron chi connectivity index (χ0n) is 27.2. The standard InChI is InChI=1S/C32H35F6N5O7/c1-4-30(39)16-21(27-23(7-8-25(42-27)48-3)43(30)29(46)50-9-5-6-26(44)45)28-40-17-24(49-11-10-47-2)22(41-28)14-18-12-19(31(33,34)35)15-20(13-18)32(36,37)38/h7-8,12-13,15,17,21H,4-6,9-11,14,16,39H2,1-3H3,(H,44,45)/t21-,30+/m0/s1. The van der Waals surface area contributed by atoms with Gasteiger partial charge in [0.05, 0.1) is 60.6 Å². The number of fused-ring (bicyclic) bond motifs is 1. The Bertz CT molecular complexity index is 1660. The second-order valence-electron chi connectivity index (χ2n) is 11.4. The van der Waals surface area contributed by atoms with Crippen molar-refractivity contribution in [2.45, 2.75) is 63.0 Å². The van der Waals surface area contributed by atoms with E-state index >= 15 is 0 Å². The molecule has 0 aliphatic carbocycles. The van der Waals surface area contributed by atoms with Crippen LogP contribution in [0.5, 0.6) is 11.6 Å². The summed E-state index contributed by atoms with van der Waals surface area (Å²) in [5, 5.41) is 8.92. The number of pyridine rings is 1. The highest BCUT2D eigenvalue weighted by atomic mass is 19.4. The third-order valence-corrected chi connectivity index (χ3v) is 7.94. The van der Waals surface area contributed by atoms with E-state index in [9.17, 15) is 35.9 Å².